The van der Waals surface area contributed by atoms with E-state index in [9.17, 15) is 4.39 Å². The van der Waals surface area contributed by atoms with Crippen molar-refractivity contribution in [2.45, 2.75) is 38.9 Å². The number of ether oxygens (including phenoxy) is 1. The van der Waals surface area contributed by atoms with Crippen molar-refractivity contribution in [3.63, 3.8) is 0 Å². The molecule has 0 amide bonds. The van der Waals surface area contributed by atoms with Crippen LogP contribution >= 0.6 is 0 Å². The summed E-state index contributed by atoms with van der Waals surface area (Å²) in [4.78, 5) is 2.09. The average molecular weight is 266 g/mol. The van der Waals surface area contributed by atoms with Gasteiger partial charge in [0.15, 0.2) is 0 Å². The highest BCUT2D eigenvalue weighted by atomic mass is 19.1. The van der Waals surface area contributed by atoms with Crippen molar-refractivity contribution in [3.05, 3.63) is 29.6 Å². The summed E-state index contributed by atoms with van der Waals surface area (Å²) in [5, 5.41) is 0. The highest BCUT2D eigenvalue weighted by Crippen LogP contribution is 2.30. The quantitative estimate of drug-likeness (QED) is 0.912. The van der Waals surface area contributed by atoms with Gasteiger partial charge in [0.05, 0.1) is 17.4 Å². The Labute approximate surface area is 114 Å². The Morgan fingerprint density at radius 3 is 2.84 bits per heavy atom. The second kappa shape index (κ2) is 5.47. The zero-order chi connectivity index (χ0) is 14.0. The van der Waals surface area contributed by atoms with Gasteiger partial charge in [-0.25, -0.2) is 4.39 Å². The van der Waals surface area contributed by atoms with Crippen LogP contribution in [0.5, 0.6) is 0 Å². The van der Waals surface area contributed by atoms with Gasteiger partial charge < -0.3 is 15.4 Å². The molecule has 1 aromatic carbocycles. The van der Waals surface area contributed by atoms with Crippen molar-refractivity contribution in [2.75, 3.05) is 24.5 Å². The van der Waals surface area contributed by atoms with Gasteiger partial charge in [-0.1, -0.05) is 12.1 Å². The fourth-order valence-corrected chi connectivity index (χ4v) is 2.90. The first-order valence-electron chi connectivity index (χ1n) is 6.83. The smallest absolute Gasteiger partial charge is 0.146 e. The summed E-state index contributed by atoms with van der Waals surface area (Å²) in [6.45, 7) is 8.03. The molecule has 1 aromatic rings. The van der Waals surface area contributed by atoms with Crippen molar-refractivity contribution < 1.29 is 9.13 Å². The van der Waals surface area contributed by atoms with E-state index in [2.05, 4.69) is 4.90 Å². The lowest BCUT2D eigenvalue weighted by molar-refractivity contribution is -0.0751. The van der Waals surface area contributed by atoms with Crippen LogP contribution in [0.25, 0.3) is 0 Å². The SMILES string of the molecule is CC1CN(c2c(F)cccc2CCN)CC(C)(C)O1. The van der Waals surface area contributed by atoms with Gasteiger partial charge in [0, 0.05) is 13.1 Å². The van der Waals surface area contributed by atoms with Crippen LogP contribution in [-0.4, -0.2) is 31.3 Å². The zero-order valence-corrected chi connectivity index (χ0v) is 11.9. The molecule has 1 heterocycles. The molecule has 3 nitrogen and oxygen atoms in total. The largest absolute Gasteiger partial charge is 0.369 e. The number of morpholine rings is 1. The number of hydrogen-bond acceptors (Lipinski definition) is 3. The predicted molar refractivity (Wildman–Crippen MR) is 76.0 cm³/mol. The lowest BCUT2D eigenvalue weighted by Gasteiger charge is -2.43. The van der Waals surface area contributed by atoms with Crippen LogP contribution in [-0.2, 0) is 11.2 Å². The monoisotopic (exact) mass is 266 g/mol. The number of benzene rings is 1. The molecule has 0 bridgehead atoms. The topological polar surface area (TPSA) is 38.5 Å². The average Bonchev–Trinajstić information content (AvgIpc) is 2.26. The van der Waals surface area contributed by atoms with E-state index in [-0.39, 0.29) is 17.5 Å². The van der Waals surface area contributed by atoms with Gasteiger partial charge in [-0.2, -0.15) is 0 Å². The van der Waals surface area contributed by atoms with E-state index < -0.39 is 0 Å². The Morgan fingerprint density at radius 1 is 1.47 bits per heavy atom. The van der Waals surface area contributed by atoms with E-state index in [1.54, 1.807) is 6.07 Å². The number of nitrogens with zero attached hydrogens (tertiary/aromatic N) is 1. The first-order valence-corrected chi connectivity index (χ1v) is 6.83. The number of halogens is 1. The van der Waals surface area contributed by atoms with E-state index in [1.165, 1.54) is 6.07 Å². The molecule has 1 aliphatic heterocycles. The van der Waals surface area contributed by atoms with Crippen LogP contribution in [0.15, 0.2) is 18.2 Å². The summed E-state index contributed by atoms with van der Waals surface area (Å²) in [5.74, 6) is -0.171. The van der Waals surface area contributed by atoms with Gasteiger partial charge in [-0.05, 0) is 45.4 Å². The Morgan fingerprint density at radius 2 is 2.21 bits per heavy atom. The molecule has 0 saturated carbocycles. The Hall–Kier alpha value is -1.13. The Bertz CT molecular complexity index is 448. The highest BCUT2D eigenvalue weighted by Gasteiger charge is 2.33. The summed E-state index contributed by atoms with van der Waals surface area (Å²) in [6.07, 6.45) is 0.785. The standard InChI is InChI=1S/C15H23FN2O/c1-11-9-18(10-15(2,3)19-11)14-12(7-8-17)5-4-6-13(14)16/h4-6,11H,7-10,17H2,1-3H3. The van der Waals surface area contributed by atoms with Crippen LogP contribution in [0.3, 0.4) is 0 Å². The second-order valence-electron chi connectivity index (χ2n) is 5.85. The van der Waals surface area contributed by atoms with Gasteiger partial charge >= 0.3 is 0 Å². The first kappa shape index (κ1) is 14.3. The van der Waals surface area contributed by atoms with E-state index in [1.807, 2.05) is 26.8 Å². The number of rotatable bonds is 3. The predicted octanol–water partition coefficient (Wildman–Crippen LogP) is 2.33. The summed E-state index contributed by atoms with van der Waals surface area (Å²) in [5.41, 5.74) is 7.03. The van der Waals surface area contributed by atoms with Crippen molar-refractivity contribution in [3.8, 4) is 0 Å². The minimum Gasteiger partial charge on any atom is -0.369 e. The molecule has 4 heteroatoms. The molecular weight excluding hydrogens is 243 g/mol. The minimum atomic E-state index is -0.264. The van der Waals surface area contributed by atoms with E-state index >= 15 is 0 Å². The van der Waals surface area contributed by atoms with Crippen molar-refractivity contribution >= 4 is 5.69 Å². The van der Waals surface area contributed by atoms with Crippen LogP contribution in [0.1, 0.15) is 26.3 Å². The molecule has 0 spiro atoms. The molecule has 2 N–H and O–H groups in total. The Kier molecular flexibility index (Phi) is 4.11. The third kappa shape index (κ3) is 3.25. The first-order chi connectivity index (χ1) is 8.93. The summed E-state index contributed by atoms with van der Waals surface area (Å²) in [7, 11) is 0. The number of nitrogens with two attached hydrogens (primary N) is 1. The summed E-state index contributed by atoms with van der Waals surface area (Å²) in [6, 6.07) is 5.22. The molecule has 1 unspecified atom stereocenters. The maximum Gasteiger partial charge on any atom is 0.146 e. The van der Waals surface area contributed by atoms with Gasteiger partial charge in [-0.15, -0.1) is 0 Å². The van der Waals surface area contributed by atoms with Crippen molar-refractivity contribution in [1.82, 2.24) is 0 Å². The lowest BCUT2D eigenvalue weighted by Crippen LogP contribution is -2.52. The molecule has 1 saturated heterocycles. The fraction of sp³-hybridized carbons (Fsp3) is 0.600. The van der Waals surface area contributed by atoms with E-state index in [4.69, 9.17) is 10.5 Å². The molecular formula is C15H23FN2O. The zero-order valence-electron chi connectivity index (χ0n) is 11.9. The number of hydrogen-bond donors (Lipinski definition) is 1. The fourth-order valence-electron chi connectivity index (χ4n) is 2.90. The van der Waals surface area contributed by atoms with Crippen LogP contribution in [0.4, 0.5) is 10.1 Å². The van der Waals surface area contributed by atoms with Gasteiger partial charge in [0.2, 0.25) is 0 Å². The van der Waals surface area contributed by atoms with E-state index in [0.29, 0.717) is 31.7 Å². The molecule has 0 aliphatic carbocycles. The van der Waals surface area contributed by atoms with Crippen LogP contribution in [0, 0.1) is 5.82 Å². The van der Waals surface area contributed by atoms with Gasteiger partial charge in [0.25, 0.3) is 0 Å². The van der Waals surface area contributed by atoms with Crippen molar-refractivity contribution in [1.29, 1.82) is 0 Å². The third-order valence-electron chi connectivity index (χ3n) is 3.37. The number of anilines is 1. The van der Waals surface area contributed by atoms with Crippen molar-refractivity contribution in [2.24, 2.45) is 5.73 Å². The Balaban J connectivity index is 2.35. The van der Waals surface area contributed by atoms with Crippen LogP contribution < -0.4 is 10.6 Å². The molecule has 19 heavy (non-hydrogen) atoms. The minimum absolute atomic E-state index is 0.0917. The second-order valence-corrected chi connectivity index (χ2v) is 5.85. The number of para-hydroxylation sites is 1. The van der Waals surface area contributed by atoms with E-state index in [0.717, 1.165) is 5.56 Å². The maximum atomic E-state index is 14.2. The third-order valence-corrected chi connectivity index (χ3v) is 3.37. The molecule has 1 atom stereocenters. The maximum absolute atomic E-state index is 14.2. The molecule has 0 aromatic heterocycles. The molecule has 0 radical (unpaired) electrons. The van der Waals surface area contributed by atoms with Gasteiger partial charge in [0.1, 0.15) is 5.82 Å². The highest BCUT2D eigenvalue weighted by molar-refractivity contribution is 5.56. The molecule has 2 rings (SSSR count). The van der Waals surface area contributed by atoms with Gasteiger partial charge in [-0.3, -0.25) is 0 Å². The summed E-state index contributed by atoms with van der Waals surface area (Å²) >= 11 is 0. The lowest BCUT2D eigenvalue weighted by atomic mass is 10.0. The molecule has 106 valence electrons. The van der Waals surface area contributed by atoms with Crippen LogP contribution in [0.2, 0.25) is 0 Å². The molecule has 1 fully saturated rings. The summed E-state index contributed by atoms with van der Waals surface area (Å²) < 4.78 is 20.1. The molecule has 1 aliphatic rings. The normalized spacial score (nSPS) is 22.6.